The van der Waals surface area contributed by atoms with Crippen molar-refractivity contribution in [3.63, 3.8) is 0 Å². The standard InChI is InChI=1S/C20H23N3OS/c1-2-4-16(5-3-1)14-17-6-7-18-19(15-17)22-20(21-18)25-13-10-23-8-11-24-12-9-23/h1-7,15H,8-14H2,(H,21,22). The molecule has 1 aliphatic rings. The first-order valence-electron chi connectivity index (χ1n) is 8.82. The van der Waals surface area contributed by atoms with Gasteiger partial charge in [0, 0.05) is 25.4 Å². The van der Waals surface area contributed by atoms with E-state index in [2.05, 4.69) is 58.4 Å². The Morgan fingerprint density at radius 3 is 2.72 bits per heavy atom. The molecule has 1 aliphatic heterocycles. The van der Waals surface area contributed by atoms with Crippen LogP contribution in [-0.4, -0.2) is 53.5 Å². The summed E-state index contributed by atoms with van der Waals surface area (Å²) in [6.45, 7) is 4.90. The summed E-state index contributed by atoms with van der Waals surface area (Å²) in [4.78, 5) is 10.7. The predicted molar refractivity (Wildman–Crippen MR) is 103 cm³/mol. The molecule has 2 heterocycles. The number of nitrogens with one attached hydrogen (secondary N) is 1. The molecule has 0 aliphatic carbocycles. The van der Waals surface area contributed by atoms with Crippen LogP contribution in [0.15, 0.2) is 53.7 Å². The van der Waals surface area contributed by atoms with Crippen molar-refractivity contribution in [2.24, 2.45) is 0 Å². The molecule has 2 aromatic carbocycles. The van der Waals surface area contributed by atoms with Crippen LogP contribution in [0.5, 0.6) is 0 Å². The number of fused-ring (bicyclic) bond motifs is 1. The molecule has 5 heteroatoms. The van der Waals surface area contributed by atoms with Crippen LogP contribution in [0, 0.1) is 0 Å². The zero-order valence-electron chi connectivity index (χ0n) is 14.3. The van der Waals surface area contributed by atoms with Crippen LogP contribution in [0.3, 0.4) is 0 Å². The lowest BCUT2D eigenvalue weighted by Gasteiger charge is -2.26. The number of hydrogen-bond acceptors (Lipinski definition) is 4. The molecular weight excluding hydrogens is 330 g/mol. The van der Waals surface area contributed by atoms with Crippen molar-refractivity contribution in [1.29, 1.82) is 0 Å². The maximum Gasteiger partial charge on any atom is 0.166 e. The van der Waals surface area contributed by atoms with Crippen LogP contribution < -0.4 is 0 Å². The van der Waals surface area contributed by atoms with Crippen molar-refractivity contribution >= 4 is 22.8 Å². The normalized spacial score (nSPS) is 15.7. The molecule has 1 N–H and O–H groups in total. The van der Waals surface area contributed by atoms with Gasteiger partial charge in [0.05, 0.1) is 24.2 Å². The molecule has 0 atom stereocenters. The predicted octanol–water partition coefficient (Wildman–Crippen LogP) is 3.58. The monoisotopic (exact) mass is 353 g/mol. The first kappa shape index (κ1) is 16.6. The molecule has 4 nitrogen and oxygen atoms in total. The van der Waals surface area contributed by atoms with E-state index in [1.54, 1.807) is 11.8 Å². The van der Waals surface area contributed by atoms with E-state index < -0.39 is 0 Å². The van der Waals surface area contributed by atoms with Gasteiger partial charge in [-0.2, -0.15) is 0 Å². The third-order valence-electron chi connectivity index (χ3n) is 4.53. The molecule has 1 fully saturated rings. The van der Waals surface area contributed by atoms with Gasteiger partial charge in [0.1, 0.15) is 0 Å². The fraction of sp³-hybridized carbons (Fsp3) is 0.350. The van der Waals surface area contributed by atoms with Crippen LogP contribution >= 0.6 is 11.8 Å². The molecule has 0 spiro atoms. The Kier molecular flexibility index (Phi) is 5.35. The van der Waals surface area contributed by atoms with Crippen LogP contribution in [0.1, 0.15) is 11.1 Å². The number of ether oxygens (including phenoxy) is 1. The minimum Gasteiger partial charge on any atom is -0.379 e. The van der Waals surface area contributed by atoms with E-state index in [1.165, 1.54) is 11.1 Å². The first-order chi connectivity index (χ1) is 12.4. The zero-order chi connectivity index (χ0) is 16.9. The van der Waals surface area contributed by atoms with Crippen molar-refractivity contribution in [2.45, 2.75) is 11.6 Å². The van der Waals surface area contributed by atoms with Crippen molar-refractivity contribution in [3.8, 4) is 0 Å². The average Bonchev–Trinajstić information content (AvgIpc) is 3.05. The maximum atomic E-state index is 5.39. The fourth-order valence-electron chi connectivity index (χ4n) is 3.13. The summed E-state index contributed by atoms with van der Waals surface area (Å²) in [5, 5.41) is 1.01. The van der Waals surface area contributed by atoms with Gasteiger partial charge in [0.15, 0.2) is 5.16 Å². The maximum absolute atomic E-state index is 5.39. The Morgan fingerprint density at radius 1 is 1.04 bits per heavy atom. The molecule has 0 bridgehead atoms. The molecule has 0 radical (unpaired) electrons. The van der Waals surface area contributed by atoms with Gasteiger partial charge in [0.25, 0.3) is 0 Å². The Balaban J connectivity index is 1.38. The lowest BCUT2D eigenvalue weighted by molar-refractivity contribution is 0.0410. The Labute approximate surface area is 152 Å². The van der Waals surface area contributed by atoms with Crippen LogP contribution in [0.4, 0.5) is 0 Å². The second-order valence-corrected chi connectivity index (χ2v) is 7.44. The SMILES string of the molecule is c1ccc(Cc2ccc3[nH]c(SCCN4CCOCC4)nc3c2)cc1. The highest BCUT2D eigenvalue weighted by molar-refractivity contribution is 7.99. The Bertz CT molecular complexity index is 812. The number of nitrogens with zero attached hydrogens (tertiary/aromatic N) is 2. The Morgan fingerprint density at radius 2 is 1.88 bits per heavy atom. The number of thioether (sulfide) groups is 1. The van der Waals surface area contributed by atoms with Crippen LogP contribution in [0.25, 0.3) is 11.0 Å². The lowest BCUT2D eigenvalue weighted by atomic mass is 10.0. The zero-order valence-corrected chi connectivity index (χ0v) is 15.1. The summed E-state index contributed by atoms with van der Waals surface area (Å²) in [5.74, 6) is 1.05. The van der Waals surface area contributed by atoms with Gasteiger partial charge < -0.3 is 9.72 Å². The topological polar surface area (TPSA) is 41.2 Å². The number of aromatic amines is 1. The van der Waals surface area contributed by atoms with Crippen molar-refractivity contribution < 1.29 is 4.74 Å². The van der Waals surface area contributed by atoms with E-state index in [0.29, 0.717) is 0 Å². The number of hydrogen-bond donors (Lipinski definition) is 1. The number of imidazole rings is 1. The molecule has 25 heavy (non-hydrogen) atoms. The lowest BCUT2D eigenvalue weighted by Crippen LogP contribution is -2.37. The summed E-state index contributed by atoms with van der Waals surface area (Å²) in [6, 6.07) is 17.1. The number of benzene rings is 2. The minimum absolute atomic E-state index is 0.861. The van der Waals surface area contributed by atoms with E-state index in [-0.39, 0.29) is 0 Å². The molecule has 130 valence electrons. The third-order valence-corrected chi connectivity index (χ3v) is 5.38. The number of morpholine rings is 1. The van der Waals surface area contributed by atoms with Crippen molar-refractivity contribution in [2.75, 3.05) is 38.6 Å². The number of rotatable bonds is 6. The van der Waals surface area contributed by atoms with Crippen LogP contribution in [-0.2, 0) is 11.2 Å². The molecule has 0 unspecified atom stereocenters. The summed E-state index contributed by atoms with van der Waals surface area (Å²) in [7, 11) is 0. The quantitative estimate of drug-likeness (QED) is 0.688. The molecule has 1 aromatic heterocycles. The van der Waals surface area contributed by atoms with Gasteiger partial charge >= 0.3 is 0 Å². The van der Waals surface area contributed by atoms with Crippen molar-refractivity contribution in [1.82, 2.24) is 14.9 Å². The highest BCUT2D eigenvalue weighted by atomic mass is 32.2. The number of aromatic nitrogens is 2. The fourth-order valence-corrected chi connectivity index (χ4v) is 4.02. The van der Waals surface area contributed by atoms with Gasteiger partial charge in [-0.3, -0.25) is 4.90 Å². The molecule has 0 saturated carbocycles. The van der Waals surface area contributed by atoms with Crippen molar-refractivity contribution in [3.05, 3.63) is 59.7 Å². The smallest absolute Gasteiger partial charge is 0.166 e. The summed E-state index contributed by atoms with van der Waals surface area (Å²) in [6.07, 6.45) is 0.948. The van der Waals surface area contributed by atoms with Gasteiger partial charge in [-0.05, 0) is 29.7 Å². The highest BCUT2D eigenvalue weighted by Gasteiger charge is 2.11. The van der Waals surface area contributed by atoms with E-state index in [4.69, 9.17) is 9.72 Å². The van der Waals surface area contributed by atoms with E-state index in [0.717, 1.165) is 61.2 Å². The van der Waals surface area contributed by atoms with Gasteiger partial charge in [-0.25, -0.2) is 4.98 Å². The largest absolute Gasteiger partial charge is 0.379 e. The second-order valence-electron chi connectivity index (χ2n) is 6.36. The van der Waals surface area contributed by atoms with E-state index in [9.17, 15) is 0 Å². The van der Waals surface area contributed by atoms with E-state index in [1.807, 2.05) is 0 Å². The molecular formula is C20H23N3OS. The summed E-state index contributed by atoms with van der Waals surface area (Å²) < 4.78 is 5.39. The number of H-pyrrole nitrogens is 1. The van der Waals surface area contributed by atoms with Gasteiger partial charge in [0.2, 0.25) is 0 Å². The van der Waals surface area contributed by atoms with E-state index >= 15 is 0 Å². The second kappa shape index (κ2) is 8.04. The molecule has 3 aromatic rings. The highest BCUT2D eigenvalue weighted by Crippen LogP contribution is 2.21. The van der Waals surface area contributed by atoms with Crippen LogP contribution in [0.2, 0.25) is 0 Å². The van der Waals surface area contributed by atoms with Gasteiger partial charge in [-0.1, -0.05) is 48.2 Å². The van der Waals surface area contributed by atoms with Gasteiger partial charge in [-0.15, -0.1) is 0 Å². The first-order valence-corrected chi connectivity index (χ1v) is 9.81. The summed E-state index contributed by atoms with van der Waals surface area (Å²) in [5.41, 5.74) is 4.81. The summed E-state index contributed by atoms with van der Waals surface area (Å²) >= 11 is 1.80. The third kappa shape index (κ3) is 4.42. The molecule has 1 saturated heterocycles. The average molecular weight is 353 g/mol. The minimum atomic E-state index is 0.861. The Hall–Kier alpha value is -1.82. The molecule has 4 rings (SSSR count). The molecule has 0 amide bonds.